The van der Waals surface area contributed by atoms with Crippen LogP contribution in [0.5, 0.6) is 0 Å². The summed E-state index contributed by atoms with van der Waals surface area (Å²) in [5.41, 5.74) is -0.389. The molecule has 3 aromatic heterocycles. The number of H-pyrrole nitrogens is 1. The monoisotopic (exact) mass is 514 g/mol. The third-order valence-electron chi connectivity index (χ3n) is 7.08. The van der Waals surface area contributed by atoms with E-state index in [-0.39, 0.29) is 28.8 Å². The molecule has 1 N–H and O–H groups in total. The van der Waals surface area contributed by atoms with Crippen molar-refractivity contribution < 1.29 is 8.91 Å². The predicted octanol–water partition coefficient (Wildman–Crippen LogP) is 4.35. The fraction of sp³-hybridized carbons (Fsp3) is 0.480. The largest absolute Gasteiger partial charge is 0.339 e. The number of aromatic nitrogens is 6. The second-order valence-corrected chi connectivity index (χ2v) is 9.71. The van der Waals surface area contributed by atoms with E-state index in [0.29, 0.717) is 36.7 Å². The van der Waals surface area contributed by atoms with Gasteiger partial charge in [-0.1, -0.05) is 49.5 Å². The Labute approximate surface area is 211 Å². The summed E-state index contributed by atoms with van der Waals surface area (Å²) in [6, 6.07) is 6.76. The molecule has 5 rings (SSSR count). The first-order valence-corrected chi connectivity index (χ1v) is 12.8. The molecule has 0 saturated heterocycles. The van der Waals surface area contributed by atoms with Crippen molar-refractivity contribution in [3.63, 3.8) is 0 Å². The van der Waals surface area contributed by atoms with Gasteiger partial charge < -0.3 is 9.51 Å². The van der Waals surface area contributed by atoms with Crippen molar-refractivity contribution >= 4 is 22.8 Å². The van der Waals surface area contributed by atoms with E-state index < -0.39 is 16.7 Å². The Balaban J connectivity index is 1.37. The lowest BCUT2D eigenvalue weighted by molar-refractivity contribution is 0.353. The van der Waals surface area contributed by atoms with Crippen LogP contribution in [0.4, 0.5) is 4.39 Å². The number of fused-ring (bicyclic) bond motifs is 1. The maximum atomic E-state index is 14.7. The Hall–Kier alpha value is -3.27. The van der Waals surface area contributed by atoms with Crippen LogP contribution in [0.15, 0.2) is 38.4 Å². The average molecular weight is 515 g/mol. The van der Waals surface area contributed by atoms with E-state index in [1.165, 1.54) is 15.2 Å². The van der Waals surface area contributed by atoms with Gasteiger partial charge in [0.05, 0.1) is 5.41 Å². The van der Waals surface area contributed by atoms with Crippen molar-refractivity contribution in [1.82, 2.24) is 29.2 Å². The van der Waals surface area contributed by atoms with Gasteiger partial charge in [-0.05, 0) is 43.4 Å². The van der Waals surface area contributed by atoms with Gasteiger partial charge in [-0.2, -0.15) is 9.97 Å². The van der Waals surface area contributed by atoms with Gasteiger partial charge in [-0.3, -0.25) is 13.9 Å². The van der Waals surface area contributed by atoms with Crippen molar-refractivity contribution in [3.8, 4) is 0 Å². The van der Waals surface area contributed by atoms with E-state index in [9.17, 15) is 14.0 Å². The average Bonchev–Trinajstić information content (AvgIpc) is 3.62. The smallest absolute Gasteiger partial charge is 0.332 e. The standard InChI is InChI=1S/C25H28ClFN6O3/c1-2-3-14-32-20-19(29-23(26)30-20)21(34)33(24(32)35)15-8-11-18-28-22(31-36-18)25(12-6-7-13-25)16-9-4-5-10-17(16)27/h4-5,9-10H,2-3,6-8,11-15H2,1H3,(H,29,30). The van der Waals surface area contributed by atoms with Crippen LogP contribution in [0.1, 0.15) is 69.1 Å². The first-order chi connectivity index (χ1) is 17.4. The lowest BCUT2D eigenvalue weighted by Crippen LogP contribution is -2.40. The number of aryl methyl sites for hydroxylation is 2. The molecule has 0 unspecified atom stereocenters. The van der Waals surface area contributed by atoms with Gasteiger partial charge >= 0.3 is 5.69 Å². The van der Waals surface area contributed by atoms with Crippen molar-refractivity contribution in [2.24, 2.45) is 0 Å². The van der Waals surface area contributed by atoms with Gasteiger partial charge in [0.1, 0.15) is 5.82 Å². The summed E-state index contributed by atoms with van der Waals surface area (Å²) < 4.78 is 22.9. The number of hydrogen-bond donors (Lipinski definition) is 1. The van der Waals surface area contributed by atoms with Crippen molar-refractivity contribution in [2.45, 2.75) is 76.8 Å². The van der Waals surface area contributed by atoms with Crippen molar-refractivity contribution in [3.05, 3.63) is 73.5 Å². The summed E-state index contributed by atoms with van der Waals surface area (Å²) in [4.78, 5) is 37.6. The van der Waals surface area contributed by atoms with Crippen LogP contribution in [0.3, 0.4) is 0 Å². The third kappa shape index (κ3) is 4.27. The number of nitrogens with one attached hydrogen (secondary N) is 1. The molecule has 1 aliphatic rings. The summed E-state index contributed by atoms with van der Waals surface area (Å²) in [5, 5.41) is 4.29. The lowest BCUT2D eigenvalue weighted by atomic mass is 9.78. The number of nitrogens with zero attached hydrogens (tertiary/aromatic N) is 5. The van der Waals surface area contributed by atoms with E-state index in [4.69, 9.17) is 16.1 Å². The van der Waals surface area contributed by atoms with Gasteiger partial charge in [0, 0.05) is 25.1 Å². The normalized spacial score (nSPS) is 15.2. The Morgan fingerprint density at radius 3 is 2.61 bits per heavy atom. The zero-order chi connectivity index (χ0) is 25.3. The molecule has 4 aromatic rings. The van der Waals surface area contributed by atoms with Crippen LogP contribution >= 0.6 is 11.6 Å². The van der Waals surface area contributed by atoms with Gasteiger partial charge in [-0.25, -0.2) is 9.18 Å². The highest BCUT2D eigenvalue weighted by Gasteiger charge is 2.43. The molecular formula is C25H28ClFN6O3. The Morgan fingerprint density at radius 2 is 1.86 bits per heavy atom. The molecule has 36 heavy (non-hydrogen) atoms. The molecule has 9 nitrogen and oxygen atoms in total. The Morgan fingerprint density at radius 1 is 1.11 bits per heavy atom. The number of unbranched alkanes of at least 4 members (excludes halogenated alkanes) is 1. The quantitative estimate of drug-likeness (QED) is 0.332. The molecule has 11 heteroatoms. The first kappa shape index (κ1) is 24.4. The highest BCUT2D eigenvalue weighted by Crippen LogP contribution is 2.46. The minimum Gasteiger partial charge on any atom is -0.339 e. The minimum atomic E-state index is -0.595. The number of hydrogen-bond acceptors (Lipinski definition) is 6. The Bertz CT molecular complexity index is 1500. The summed E-state index contributed by atoms with van der Waals surface area (Å²) in [6.07, 6.45) is 5.91. The van der Waals surface area contributed by atoms with Gasteiger partial charge in [0.2, 0.25) is 11.2 Å². The van der Waals surface area contributed by atoms with Crippen LogP contribution in [0.2, 0.25) is 5.28 Å². The van der Waals surface area contributed by atoms with Crippen LogP contribution in [0, 0.1) is 5.82 Å². The zero-order valence-corrected chi connectivity index (χ0v) is 20.9. The summed E-state index contributed by atoms with van der Waals surface area (Å²) >= 11 is 5.99. The van der Waals surface area contributed by atoms with Gasteiger partial charge in [-0.15, -0.1) is 0 Å². The fourth-order valence-electron chi connectivity index (χ4n) is 5.23. The SMILES string of the molecule is CCCCn1c(=O)n(CCCc2nc(C3(c4ccccc4F)CCCC3)no2)c(=O)c2[nH]c(Cl)nc21. The van der Waals surface area contributed by atoms with E-state index in [2.05, 4.69) is 20.1 Å². The van der Waals surface area contributed by atoms with Crippen LogP contribution in [-0.4, -0.2) is 29.2 Å². The molecule has 190 valence electrons. The second-order valence-electron chi connectivity index (χ2n) is 9.36. The summed E-state index contributed by atoms with van der Waals surface area (Å²) in [5.74, 6) is 0.629. The van der Waals surface area contributed by atoms with Crippen LogP contribution in [0.25, 0.3) is 11.2 Å². The van der Waals surface area contributed by atoms with E-state index in [1.807, 2.05) is 13.0 Å². The molecule has 0 aliphatic heterocycles. The number of aromatic amines is 1. The number of halogens is 2. The Kier molecular flexibility index (Phi) is 6.79. The molecule has 0 bridgehead atoms. The number of imidazole rings is 1. The van der Waals surface area contributed by atoms with E-state index in [1.54, 1.807) is 12.1 Å². The van der Waals surface area contributed by atoms with Gasteiger partial charge in [0.25, 0.3) is 5.56 Å². The predicted molar refractivity (Wildman–Crippen MR) is 133 cm³/mol. The molecule has 1 fully saturated rings. The molecule has 0 atom stereocenters. The summed E-state index contributed by atoms with van der Waals surface area (Å²) in [7, 11) is 0. The molecule has 3 heterocycles. The molecular weight excluding hydrogens is 487 g/mol. The highest BCUT2D eigenvalue weighted by molar-refractivity contribution is 6.28. The third-order valence-corrected chi connectivity index (χ3v) is 7.26. The fourth-order valence-corrected chi connectivity index (χ4v) is 5.41. The molecule has 0 radical (unpaired) electrons. The topological polar surface area (TPSA) is 112 Å². The van der Waals surface area contributed by atoms with E-state index >= 15 is 0 Å². The molecule has 1 saturated carbocycles. The zero-order valence-electron chi connectivity index (χ0n) is 20.1. The molecule has 1 aromatic carbocycles. The van der Waals surface area contributed by atoms with Gasteiger partial charge in [0.15, 0.2) is 17.0 Å². The van der Waals surface area contributed by atoms with E-state index in [0.717, 1.165) is 38.5 Å². The van der Waals surface area contributed by atoms with Crippen LogP contribution in [-0.2, 0) is 24.9 Å². The first-order valence-electron chi connectivity index (χ1n) is 12.4. The molecule has 0 spiro atoms. The van der Waals surface area contributed by atoms with Crippen LogP contribution < -0.4 is 11.2 Å². The second kappa shape index (κ2) is 10.0. The molecule has 0 amide bonds. The minimum absolute atomic E-state index is 0.0681. The molecule has 1 aliphatic carbocycles. The maximum absolute atomic E-state index is 14.7. The van der Waals surface area contributed by atoms with Crippen molar-refractivity contribution in [1.29, 1.82) is 0 Å². The highest BCUT2D eigenvalue weighted by atomic mass is 35.5. The maximum Gasteiger partial charge on any atom is 0.332 e. The number of rotatable bonds is 9. The number of benzene rings is 1. The lowest BCUT2D eigenvalue weighted by Gasteiger charge is -2.26. The van der Waals surface area contributed by atoms with Crippen molar-refractivity contribution in [2.75, 3.05) is 0 Å². The summed E-state index contributed by atoms with van der Waals surface area (Å²) in [6.45, 7) is 2.64.